The third-order valence-corrected chi connectivity index (χ3v) is 2.72. The molecule has 4 heteroatoms. The average Bonchev–Trinajstić information content (AvgIpc) is 2.14. The molecule has 0 aromatic heterocycles. The van der Waals surface area contributed by atoms with Gasteiger partial charge in [-0.2, -0.15) is 0 Å². The van der Waals surface area contributed by atoms with E-state index >= 15 is 0 Å². The first-order valence-electron chi connectivity index (χ1n) is 4.93. The molecule has 1 rings (SSSR count). The van der Waals surface area contributed by atoms with Crippen molar-refractivity contribution < 1.29 is 0 Å². The number of benzene rings is 1. The third-order valence-electron chi connectivity index (χ3n) is 2.16. The molecule has 0 saturated heterocycles. The number of hydrogen-bond donors (Lipinski definition) is 1. The van der Waals surface area contributed by atoms with Crippen LogP contribution in [0, 0.1) is 0 Å². The van der Waals surface area contributed by atoms with Crippen molar-refractivity contribution in [3.05, 3.63) is 33.8 Å². The topological polar surface area (TPSA) is 15.3 Å². The molecular weight excluding hydrogens is 231 g/mol. The largest absolute Gasteiger partial charge is 0.250 e. The summed E-state index contributed by atoms with van der Waals surface area (Å²) in [6.07, 6.45) is 0.972. The van der Waals surface area contributed by atoms with Crippen molar-refractivity contribution in [2.75, 3.05) is 14.1 Å². The van der Waals surface area contributed by atoms with Crippen LogP contribution in [-0.4, -0.2) is 19.1 Å². The number of nitrogens with one attached hydrogen (secondary N) is 1. The van der Waals surface area contributed by atoms with Gasteiger partial charge in [0.1, 0.15) is 0 Å². The van der Waals surface area contributed by atoms with Gasteiger partial charge in [0.15, 0.2) is 0 Å². The van der Waals surface area contributed by atoms with Crippen LogP contribution in [0.5, 0.6) is 0 Å². The van der Waals surface area contributed by atoms with E-state index in [0.29, 0.717) is 10.0 Å². The van der Waals surface area contributed by atoms with E-state index in [0.717, 1.165) is 12.0 Å². The van der Waals surface area contributed by atoms with Crippen molar-refractivity contribution in [2.24, 2.45) is 0 Å². The Morgan fingerprint density at radius 2 is 2.00 bits per heavy atom. The maximum atomic E-state index is 6.14. The van der Waals surface area contributed by atoms with Crippen molar-refractivity contribution in [3.63, 3.8) is 0 Å². The summed E-state index contributed by atoms with van der Waals surface area (Å²) >= 11 is 12.0. The molecule has 1 unspecified atom stereocenters. The van der Waals surface area contributed by atoms with E-state index in [4.69, 9.17) is 23.2 Å². The number of rotatable bonds is 4. The molecule has 1 aromatic carbocycles. The maximum Gasteiger partial charge on any atom is 0.0476 e. The van der Waals surface area contributed by atoms with Gasteiger partial charge in [0.05, 0.1) is 0 Å². The standard InChI is InChI=1S/C11H16Cl2N2/c1-4-11(14-15(2)3)9-6-5-8(12)7-10(9)13/h5-7,11,14H,4H2,1-3H3. The van der Waals surface area contributed by atoms with Crippen molar-refractivity contribution >= 4 is 23.2 Å². The lowest BCUT2D eigenvalue weighted by Gasteiger charge is -2.23. The Bertz CT molecular complexity index is 326. The molecule has 0 fully saturated rings. The quantitative estimate of drug-likeness (QED) is 0.819. The van der Waals surface area contributed by atoms with Crippen LogP contribution in [0.25, 0.3) is 0 Å². The van der Waals surface area contributed by atoms with Gasteiger partial charge in [0.25, 0.3) is 0 Å². The molecule has 84 valence electrons. The zero-order valence-electron chi connectivity index (χ0n) is 9.22. The number of halogens is 2. The van der Waals surface area contributed by atoms with E-state index in [-0.39, 0.29) is 6.04 Å². The molecule has 1 atom stereocenters. The van der Waals surface area contributed by atoms with Crippen LogP contribution in [0.1, 0.15) is 24.9 Å². The molecule has 0 aliphatic carbocycles. The molecule has 0 saturated carbocycles. The van der Waals surface area contributed by atoms with E-state index < -0.39 is 0 Å². The molecule has 2 nitrogen and oxygen atoms in total. The summed E-state index contributed by atoms with van der Waals surface area (Å²) in [4.78, 5) is 0. The highest BCUT2D eigenvalue weighted by atomic mass is 35.5. The zero-order valence-corrected chi connectivity index (χ0v) is 10.7. The Kier molecular flexibility index (Phi) is 4.87. The first-order chi connectivity index (χ1) is 7.04. The van der Waals surface area contributed by atoms with Crippen LogP contribution < -0.4 is 5.43 Å². The predicted molar refractivity (Wildman–Crippen MR) is 66.3 cm³/mol. The number of hydrazine groups is 1. The predicted octanol–water partition coefficient (Wildman–Crippen LogP) is 3.51. The monoisotopic (exact) mass is 246 g/mol. The molecule has 0 aliphatic rings. The number of hydrogen-bond acceptors (Lipinski definition) is 2. The zero-order chi connectivity index (χ0) is 11.4. The first kappa shape index (κ1) is 12.8. The molecule has 1 N–H and O–H groups in total. The minimum absolute atomic E-state index is 0.227. The molecule has 0 heterocycles. The molecule has 15 heavy (non-hydrogen) atoms. The Hall–Kier alpha value is -0.280. The van der Waals surface area contributed by atoms with Crippen molar-refractivity contribution in [2.45, 2.75) is 19.4 Å². The second-order valence-corrected chi connectivity index (χ2v) is 4.49. The Labute approximate surface area is 101 Å². The van der Waals surface area contributed by atoms with Gasteiger partial charge in [-0.25, -0.2) is 5.43 Å². The summed E-state index contributed by atoms with van der Waals surface area (Å²) in [5, 5.41) is 3.31. The summed E-state index contributed by atoms with van der Waals surface area (Å²) in [5.41, 5.74) is 4.39. The summed E-state index contributed by atoms with van der Waals surface area (Å²) in [6.45, 7) is 2.12. The maximum absolute atomic E-state index is 6.14. The van der Waals surface area contributed by atoms with Crippen LogP contribution >= 0.6 is 23.2 Å². The highest BCUT2D eigenvalue weighted by Gasteiger charge is 2.13. The summed E-state index contributed by atoms with van der Waals surface area (Å²) in [6, 6.07) is 5.83. The van der Waals surface area contributed by atoms with Crippen LogP contribution in [0.2, 0.25) is 10.0 Å². The van der Waals surface area contributed by atoms with Crippen LogP contribution in [0.3, 0.4) is 0 Å². The van der Waals surface area contributed by atoms with E-state index in [1.54, 1.807) is 6.07 Å². The van der Waals surface area contributed by atoms with E-state index in [9.17, 15) is 0 Å². The fourth-order valence-electron chi connectivity index (χ4n) is 1.48. The Morgan fingerprint density at radius 3 is 2.47 bits per heavy atom. The van der Waals surface area contributed by atoms with E-state index in [1.807, 2.05) is 31.2 Å². The van der Waals surface area contributed by atoms with Crippen LogP contribution in [0.15, 0.2) is 18.2 Å². The molecule has 0 spiro atoms. The number of nitrogens with zero attached hydrogens (tertiary/aromatic N) is 1. The lowest BCUT2D eigenvalue weighted by molar-refractivity contribution is 0.239. The second-order valence-electron chi connectivity index (χ2n) is 3.65. The fourth-order valence-corrected chi connectivity index (χ4v) is 2.02. The third kappa shape index (κ3) is 3.65. The Morgan fingerprint density at radius 1 is 1.33 bits per heavy atom. The van der Waals surface area contributed by atoms with Gasteiger partial charge in [-0.3, -0.25) is 5.01 Å². The minimum Gasteiger partial charge on any atom is -0.250 e. The summed E-state index contributed by atoms with van der Waals surface area (Å²) < 4.78 is 0. The average molecular weight is 247 g/mol. The van der Waals surface area contributed by atoms with E-state index in [1.165, 1.54) is 0 Å². The molecule has 0 bridgehead atoms. The smallest absolute Gasteiger partial charge is 0.0476 e. The highest BCUT2D eigenvalue weighted by molar-refractivity contribution is 6.35. The molecule has 1 aromatic rings. The molecule has 0 aliphatic heterocycles. The lowest BCUT2D eigenvalue weighted by Crippen LogP contribution is -2.34. The fraction of sp³-hybridized carbons (Fsp3) is 0.455. The molecule has 0 radical (unpaired) electrons. The normalized spacial score (nSPS) is 13.2. The summed E-state index contributed by atoms with van der Waals surface area (Å²) in [7, 11) is 3.93. The van der Waals surface area contributed by atoms with Gasteiger partial charge in [0.2, 0.25) is 0 Å². The van der Waals surface area contributed by atoms with Crippen molar-refractivity contribution in [1.82, 2.24) is 10.4 Å². The van der Waals surface area contributed by atoms with Gasteiger partial charge < -0.3 is 0 Å². The van der Waals surface area contributed by atoms with Gasteiger partial charge in [-0.05, 0) is 24.1 Å². The van der Waals surface area contributed by atoms with Gasteiger partial charge in [-0.1, -0.05) is 36.2 Å². The van der Waals surface area contributed by atoms with Crippen LogP contribution in [-0.2, 0) is 0 Å². The SMILES string of the molecule is CCC(NN(C)C)c1ccc(Cl)cc1Cl. The van der Waals surface area contributed by atoms with Crippen molar-refractivity contribution in [3.8, 4) is 0 Å². The second kappa shape index (κ2) is 5.71. The Balaban J connectivity index is 2.91. The van der Waals surface area contributed by atoms with Crippen LogP contribution in [0.4, 0.5) is 0 Å². The summed E-state index contributed by atoms with van der Waals surface area (Å²) in [5.74, 6) is 0. The van der Waals surface area contributed by atoms with Gasteiger partial charge in [-0.15, -0.1) is 0 Å². The van der Waals surface area contributed by atoms with Gasteiger partial charge in [0, 0.05) is 30.2 Å². The highest BCUT2D eigenvalue weighted by Crippen LogP contribution is 2.27. The minimum atomic E-state index is 0.227. The molecular formula is C11H16Cl2N2. The van der Waals surface area contributed by atoms with E-state index in [2.05, 4.69) is 12.3 Å². The first-order valence-corrected chi connectivity index (χ1v) is 5.68. The van der Waals surface area contributed by atoms with Crippen molar-refractivity contribution in [1.29, 1.82) is 0 Å². The lowest BCUT2D eigenvalue weighted by atomic mass is 10.1. The van der Waals surface area contributed by atoms with Gasteiger partial charge >= 0.3 is 0 Å². The molecule has 0 amide bonds.